The molecule has 1 N–H and O–H groups in total. The molecule has 0 aliphatic rings. The van der Waals surface area contributed by atoms with Crippen LogP contribution in [0, 0.1) is 10.1 Å². The smallest absolute Gasteiger partial charge is 0.283 e. The number of nitro benzene ring substituents is 1. The molecule has 9 nitrogen and oxygen atoms in total. The number of carbonyl (C=O) groups is 1. The molecule has 2 heterocycles. The molecule has 2 aromatic heterocycles. The van der Waals surface area contributed by atoms with Crippen molar-refractivity contribution < 1.29 is 14.5 Å². The lowest BCUT2D eigenvalue weighted by molar-refractivity contribution is -0.387. The van der Waals surface area contributed by atoms with Gasteiger partial charge in [0.2, 0.25) is 5.91 Å². The maximum absolute atomic E-state index is 12.4. The Morgan fingerprint density at radius 2 is 1.98 bits per heavy atom. The second-order valence-corrected chi connectivity index (χ2v) is 11.5. The van der Waals surface area contributed by atoms with E-state index in [0.717, 1.165) is 20.3 Å². The summed E-state index contributed by atoms with van der Waals surface area (Å²) in [5, 5.41) is 15.2. The summed E-state index contributed by atoms with van der Waals surface area (Å²) in [5.41, 5.74) is 2.81. The van der Waals surface area contributed by atoms with Crippen LogP contribution in [0.15, 0.2) is 104 Å². The van der Waals surface area contributed by atoms with E-state index >= 15 is 0 Å². The van der Waals surface area contributed by atoms with E-state index in [1.807, 2.05) is 24.3 Å². The van der Waals surface area contributed by atoms with Crippen molar-refractivity contribution in [2.24, 2.45) is 4.99 Å². The number of anilines is 1. The molecule has 0 aliphatic heterocycles. The minimum atomic E-state index is -0.400. The minimum Gasteiger partial charge on any atom is -0.497 e. The van der Waals surface area contributed by atoms with Crippen molar-refractivity contribution in [3.63, 3.8) is 0 Å². The van der Waals surface area contributed by atoms with Crippen LogP contribution in [0.5, 0.6) is 5.75 Å². The maximum atomic E-state index is 12.4. The quantitative estimate of drug-likeness (QED) is 0.0786. The number of benzene rings is 3. The first-order valence-corrected chi connectivity index (χ1v) is 14.5. The van der Waals surface area contributed by atoms with Gasteiger partial charge in [0, 0.05) is 24.2 Å². The van der Waals surface area contributed by atoms with Gasteiger partial charge in [-0.1, -0.05) is 35.7 Å². The van der Waals surface area contributed by atoms with Gasteiger partial charge in [-0.2, -0.15) is 0 Å². The first kappa shape index (κ1) is 27.3. The molecular formula is C28H21N5O4S3. The normalized spacial score (nSPS) is 11.1. The number of rotatable bonds is 10. The van der Waals surface area contributed by atoms with E-state index in [9.17, 15) is 14.9 Å². The van der Waals surface area contributed by atoms with E-state index in [0.29, 0.717) is 26.9 Å². The number of nitrogens with one attached hydrogen (secondary N) is 1. The highest BCUT2D eigenvalue weighted by atomic mass is 32.2. The fourth-order valence-electron chi connectivity index (χ4n) is 3.55. The largest absolute Gasteiger partial charge is 0.497 e. The number of thioether (sulfide) groups is 1. The lowest BCUT2D eigenvalue weighted by Crippen LogP contribution is -2.13. The molecule has 0 spiro atoms. The second-order valence-electron chi connectivity index (χ2n) is 8.21. The summed E-state index contributed by atoms with van der Waals surface area (Å²) in [7, 11) is 1.59. The number of aromatic nitrogens is 2. The maximum Gasteiger partial charge on any atom is 0.283 e. The Hall–Kier alpha value is -4.26. The van der Waals surface area contributed by atoms with Gasteiger partial charge in [0.15, 0.2) is 4.34 Å². The Morgan fingerprint density at radius 3 is 2.73 bits per heavy atom. The molecule has 40 heavy (non-hydrogen) atoms. The zero-order valence-corrected chi connectivity index (χ0v) is 23.5. The van der Waals surface area contributed by atoms with E-state index < -0.39 is 4.92 Å². The van der Waals surface area contributed by atoms with Gasteiger partial charge >= 0.3 is 0 Å². The van der Waals surface area contributed by atoms with Crippen molar-refractivity contribution in [3.8, 4) is 5.75 Å². The highest BCUT2D eigenvalue weighted by Gasteiger charge is 2.16. The molecule has 200 valence electrons. The molecule has 0 atom stereocenters. The summed E-state index contributed by atoms with van der Waals surface area (Å²) in [4.78, 5) is 37.5. The van der Waals surface area contributed by atoms with Gasteiger partial charge in [0.25, 0.3) is 5.69 Å². The van der Waals surface area contributed by atoms with Crippen LogP contribution in [-0.2, 0) is 4.79 Å². The van der Waals surface area contributed by atoms with Crippen molar-refractivity contribution >= 4 is 74.3 Å². The lowest BCUT2D eigenvalue weighted by atomic mass is 10.2. The number of amides is 1. The van der Waals surface area contributed by atoms with Crippen LogP contribution in [0.3, 0.4) is 0 Å². The van der Waals surface area contributed by atoms with Crippen molar-refractivity contribution in [2.75, 3.05) is 18.2 Å². The number of thiazole rings is 1. The minimum absolute atomic E-state index is 0.00444. The van der Waals surface area contributed by atoms with Crippen molar-refractivity contribution in [3.05, 3.63) is 101 Å². The molecule has 5 rings (SSSR count). The molecule has 5 aromatic rings. The van der Waals surface area contributed by atoms with Gasteiger partial charge < -0.3 is 10.1 Å². The van der Waals surface area contributed by atoms with Crippen LogP contribution >= 0.6 is 34.9 Å². The van der Waals surface area contributed by atoms with Crippen molar-refractivity contribution in [2.45, 2.75) is 14.3 Å². The number of ether oxygens (including phenoxy) is 1. The van der Waals surface area contributed by atoms with Crippen LogP contribution in [0.2, 0.25) is 0 Å². The lowest BCUT2D eigenvalue weighted by Gasteiger charge is -2.05. The fraction of sp³-hybridized carbons (Fsp3) is 0.0714. The molecule has 0 bridgehead atoms. The predicted molar refractivity (Wildman–Crippen MR) is 161 cm³/mol. The number of hydrogen-bond acceptors (Lipinski definition) is 10. The Bertz CT molecular complexity index is 1690. The van der Waals surface area contributed by atoms with Gasteiger partial charge in [-0.3, -0.25) is 19.9 Å². The van der Waals surface area contributed by atoms with Gasteiger partial charge in [-0.15, -0.1) is 11.3 Å². The average molecular weight is 588 g/mol. The summed E-state index contributed by atoms with van der Waals surface area (Å²) >= 11 is 4.09. The van der Waals surface area contributed by atoms with E-state index in [4.69, 9.17) is 4.74 Å². The fourth-order valence-corrected chi connectivity index (χ4v) is 6.31. The second kappa shape index (κ2) is 12.7. The van der Waals surface area contributed by atoms with Crippen LogP contribution in [-0.4, -0.2) is 39.9 Å². The number of methoxy groups -OCH3 is 1. The first-order valence-electron chi connectivity index (χ1n) is 11.9. The third-order valence-corrected chi connectivity index (χ3v) is 8.62. The Labute approximate surface area is 241 Å². The highest BCUT2D eigenvalue weighted by Crippen LogP contribution is 2.35. The monoisotopic (exact) mass is 587 g/mol. The van der Waals surface area contributed by atoms with Gasteiger partial charge in [0.1, 0.15) is 10.8 Å². The summed E-state index contributed by atoms with van der Waals surface area (Å²) in [6.45, 7) is 0. The van der Waals surface area contributed by atoms with Crippen LogP contribution in [0.4, 0.5) is 17.1 Å². The van der Waals surface area contributed by atoms with Crippen LogP contribution < -0.4 is 10.1 Å². The number of pyridine rings is 1. The number of nitrogens with zero attached hydrogens (tertiary/aromatic N) is 4. The van der Waals surface area contributed by atoms with Crippen LogP contribution in [0.1, 0.15) is 5.56 Å². The topological polar surface area (TPSA) is 120 Å². The average Bonchev–Trinajstić information content (AvgIpc) is 3.39. The zero-order valence-electron chi connectivity index (χ0n) is 21.0. The molecule has 0 unspecified atom stereocenters. The number of nitro groups is 1. The third-order valence-electron chi connectivity index (χ3n) is 5.45. The summed E-state index contributed by atoms with van der Waals surface area (Å²) in [6, 6.07) is 23.2. The predicted octanol–water partition coefficient (Wildman–Crippen LogP) is 7.24. The Morgan fingerprint density at radius 1 is 1.12 bits per heavy atom. The van der Waals surface area contributed by atoms with Gasteiger partial charge in [-0.25, -0.2) is 9.97 Å². The molecular weight excluding hydrogens is 567 g/mol. The van der Waals surface area contributed by atoms with E-state index in [1.54, 1.807) is 68.1 Å². The third kappa shape index (κ3) is 7.03. The molecule has 0 saturated carbocycles. The molecule has 0 aliphatic carbocycles. The zero-order chi connectivity index (χ0) is 27.9. The summed E-state index contributed by atoms with van der Waals surface area (Å²) in [5.74, 6) is 0.822. The summed E-state index contributed by atoms with van der Waals surface area (Å²) in [6.07, 6.45) is 3.25. The molecule has 0 fully saturated rings. The number of aliphatic imine (C=N–C) groups is 1. The SMILES string of the molecule is COc1ccc(NC(=O)CSc2nc3ccc(N=Cc4ccc(Sc5ccccn5)c([N+](=O)[O-])c4)cc3s2)cc1. The number of hydrogen-bond donors (Lipinski definition) is 1. The van der Waals surface area contributed by atoms with E-state index in [1.165, 1.54) is 40.9 Å². The molecule has 3 aromatic carbocycles. The summed E-state index contributed by atoms with van der Waals surface area (Å²) < 4.78 is 6.84. The van der Waals surface area contributed by atoms with E-state index in [-0.39, 0.29) is 17.3 Å². The standard InChI is InChI=1S/C28H21N5O4S3/c1-37-21-9-6-19(7-10-21)31-26(34)17-38-28-32-22-11-8-20(15-25(22)40-28)30-16-18-5-12-24(23(14-18)33(35)36)39-27-4-2-3-13-29-27/h2-16H,17H2,1H3,(H,31,34). The number of carbonyl (C=O) groups excluding carboxylic acids is 1. The highest BCUT2D eigenvalue weighted by molar-refractivity contribution is 8.01. The molecule has 1 amide bonds. The molecule has 0 saturated heterocycles. The Kier molecular flexibility index (Phi) is 8.69. The first-order chi connectivity index (χ1) is 19.5. The van der Waals surface area contributed by atoms with E-state index in [2.05, 4.69) is 20.3 Å². The number of fused-ring (bicyclic) bond motifs is 1. The van der Waals surface area contributed by atoms with Gasteiger partial charge in [-0.05, 0) is 66.2 Å². The van der Waals surface area contributed by atoms with Crippen LogP contribution in [0.25, 0.3) is 10.2 Å². The molecule has 12 heteroatoms. The van der Waals surface area contributed by atoms with Crippen molar-refractivity contribution in [1.29, 1.82) is 0 Å². The van der Waals surface area contributed by atoms with Crippen molar-refractivity contribution in [1.82, 2.24) is 9.97 Å². The molecule has 0 radical (unpaired) electrons. The Balaban J connectivity index is 1.23. The van der Waals surface area contributed by atoms with Gasteiger partial charge in [0.05, 0.1) is 38.6 Å².